The molecule has 3 nitrogen and oxygen atoms in total. The molecule has 1 aromatic carbocycles. The first-order valence-electron chi connectivity index (χ1n) is 5.91. The van der Waals surface area contributed by atoms with Crippen molar-refractivity contribution in [3.05, 3.63) is 22.8 Å². The van der Waals surface area contributed by atoms with Crippen LogP contribution in [0.3, 0.4) is 0 Å². The first-order chi connectivity index (χ1) is 8.10. The summed E-state index contributed by atoms with van der Waals surface area (Å²) in [7, 11) is 3.28. The summed E-state index contributed by atoms with van der Waals surface area (Å²) in [6.07, 6.45) is 1.34. The van der Waals surface area contributed by atoms with Crippen LogP contribution >= 0.6 is 0 Å². The Bertz CT molecular complexity index is 461. The van der Waals surface area contributed by atoms with Gasteiger partial charge in [0.15, 0.2) is 17.3 Å². The minimum atomic E-state index is 0.211. The maximum Gasteiger partial charge on any atom is 0.164 e. The van der Waals surface area contributed by atoms with Gasteiger partial charge in [-0.05, 0) is 18.4 Å². The Hall–Kier alpha value is -1.51. The standard InChI is InChI=1S/C14H18O3/c1-8(2)10-7-11-9(5-6-12(11)15)13(16-3)14(10)17-4/h7-8H,5-6H2,1-4H3. The van der Waals surface area contributed by atoms with Crippen LogP contribution in [0.25, 0.3) is 0 Å². The highest BCUT2D eigenvalue weighted by atomic mass is 16.5. The fourth-order valence-electron chi connectivity index (χ4n) is 2.42. The van der Waals surface area contributed by atoms with Crippen LogP contribution < -0.4 is 9.47 Å². The van der Waals surface area contributed by atoms with Gasteiger partial charge in [0.1, 0.15) is 0 Å². The average Bonchev–Trinajstić information content (AvgIpc) is 2.68. The molecule has 1 aliphatic rings. The molecule has 0 atom stereocenters. The van der Waals surface area contributed by atoms with Gasteiger partial charge in [0.25, 0.3) is 0 Å². The first-order valence-corrected chi connectivity index (χ1v) is 5.91. The second-order valence-electron chi connectivity index (χ2n) is 4.64. The molecule has 0 amide bonds. The molecule has 0 N–H and O–H groups in total. The molecule has 17 heavy (non-hydrogen) atoms. The Labute approximate surface area is 102 Å². The third-order valence-electron chi connectivity index (χ3n) is 3.30. The zero-order valence-corrected chi connectivity index (χ0v) is 10.8. The molecule has 0 aliphatic heterocycles. The Morgan fingerprint density at radius 1 is 1.12 bits per heavy atom. The minimum Gasteiger partial charge on any atom is -0.493 e. The Morgan fingerprint density at radius 2 is 1.76 bits per heavy atom. The van der Waals surface area contributed by atoms with Gasteiger partial charge in [-0.25, -0.2) is 0 Å². The monoisotopic (exact) mass is 234 g/mol. The van der Waals surface area contributed by atoms with Crippen molar-refractivity contribution >= 4 is 5.78 Å². The maximum absolute atomic E-state index is 11.8. The van der Waals surface area contributed by atoms with E-state index in [1.165, 1.54) is 0 Å². The number of rotatable bonds is 3. The highest BCUT2D eigenvalue weighted by Gasteiger charge is 2.28. The molecule has 1 aromatic rings. The van der Waals surface area contributed by atoms with Gasteiger partial charge >= 0.3 is 0 Å². The number of ether oxygens (including phenoxy) is 2. The van der Waals surface area contributed by atoms with Crippen molar-refractivity contribution in [2.24, 2.45) is 0 Å². The molecule has 0 fully saturated rings. The van der Waals surface area contributed by atoms with Crippen LogP contribution in [0.1, 0.15) is 47.7 Å². The normalized spacial score (nSPS) is 14.1. The van der Waals surface area contributed by atoms with E-state index in [1.807, 2.05) is 6.07 Å². The van der Waals surface area contributed by atoms with Gasteiger partial charge in [-0.1, -0.05) is 13.8 Å². The van der Waals surface area contributed by atoms with Gasteiger partial charge in [-0.2, -0.15) is 0 Å². The lowest BCUT2D eigenvalue weighted by molar-refractivity contribution is 0.0994. The average molecular weight is 234 g/mol. The fourth-order valence-corrected chi connectivity index (χ4v) is 2.42. The van der Waals surface area contributed by atoms with Crippen molar-refractivity contribution in [3.8, 4) is 11.5 Å². The highest BCUT2D eigenvalue weighted by molar-refractivity contribution is 6.02. The van der Waals surface area contributed by atoms with Crippen molar-refractivity contribution < 1.29 is 14.3 Å². The van der Waals surface area contributed by atoms with Crippen LogP contribution in [-0.4, -0.2) is 20.0 Å². The Morgan fingerprint density at radius 3 is 2.29 bits per heavy atom. The molecule has 92 valence electrons. The van der Waals surface area contributed by atoms with E-state index in [9.17, 15) is 4.79 Å². The smallest absolute Gasteiger partial charge is 0.164 e. The van der Waals surface area contributed by atoms with Crippen LogP contribution in [-0.2, 0) is 6.42 Å². The van der Waals surface area contributed by atoms with E-state index in [4.69, 9.17) is 9.47 Å². The first kappa shape index (κ1) is 12.0. The van der Waals surface area contributed by atoms with E-state index in [1.54, 1.807) is 14.2 Å². The van der Waals surface area contributed by atoms with Gasteiger partial charge in [0.05, 0.1) is 14.2 Å². The molecule has 0 saturated carbocycles. The number of hydrogen-bond acceptors (Lipinski definition) is 3. The number of methoxy groups -OCH3 is 2. The summed E-state index contributed by atoms with van der Waals surface area (Å²) >= 11 is 0. The third kappa shape index (κ3) is 1.79. The van der Waals surface area contributed by atoms with Gasteiger partial charge in [0.2, 0.25) is 0 Å². The lowest BCUT2D eigenvalue weighted by atomic mass is 9.96. The number of benzene rings is 1. The van der Waals surface area contributed by atoms with Gasteiger partial charge in [-0.3, -0.25) is 4.79 Å². The van der Waals surface area contributed by atoms with Crippen LogP contribution in [0.4, 0.5) is 0 Å². The highest BCUT2D eigenvalue weighted by Crippen LogP contribution is 2.43. The number of Topliss-reactive ketones (excluding diaryl/α,β-unsaturated/α-hetero) is 1. The molecule has 0 bridgehead atoms. The van der Waals surface area contributed by atoms with Crippen LogP contribution in [0.15, 0.2) is 6.07 Å². The van der Waals surface area contributed by atoms with Crippen LogP contribution in [0.2, 0.25) is 0 Å². The lowest BCUT2D eigenvalue weighted by Gasteiger charge is -2.18. The summed E-state index contributed by atoms with van der Waals surface area (Å²) in [6.45, 7) is 4.17. The van der Waals surface area contributed by atoms with Gasteiger partial charge in [-0.15, -0.1) is 0 Å². The Kier molecular flexibility index (Phi) is 3.09. The summed E-state index contributed by atoms with van der Waals surface area (Å²) in [5, 5.41) is 0. The van der Waals surface area contributed by atoms with Crippen molar-refractivity contribution in [1.29, 1.82) is 0 Å². The number of ketones is 1. The molecule has 3 heteroatoms. The van der Waals surface area contributed by atoms with Crippen molar-refractivity contribution in [1.82, 2.24) is 0 Å². The van der Waals surface area contributed by atoms with E-state index in [2.05, 4.69) is 13.8 Å². The summed E-state index contributed by atoms with van der Waals surface area (Å²) in [5.74, 6) is 2.02. The maximum atomic E-state index is 11.8. The molecule has 1 aliphatic carbocycles. The van der Waals surface area contributed by atoms with Crippen molar-refractivity contribution in [2.45, 2.75) is 32.6 Å². The molecule has 0 unspecified atom stereocenters. The van der Waals surface area contributed by atoms with Gasteiger partial charge in [0, 0.05) is 23.1 Å². The second kappa shape index (κ2) is 4.40. The fraction of sp³-hybridized carbons (Fsp3) is 0.500. The molecule has 0 aromatic heterocycles. The number of fused-ring (bicyclic) bond motifs is 1. The SMILES string of the molecule is COc1c(C(C)C)cc2c(c1OC)CCC2=O. The van der Waals surface area contributed by atoms with Gasteiger partial charge < -0.3 is 9.47 Å². The largest absolute Gasteiger partial charge is 0.493 e. The van der Waals surface area contributed by atoms with Crippen LogP contribution in [0, 0.1) is 0 Å². The quantitative estimate of drug-likeness (QED) is 0.806. The summed E-state index contributed by atoms with van der Waals surface area (Å²) in [6, 6.07) is 1.97. The predicted octanol–water partition coefficient (Wildman–Crippen LogP) is 2.96. The van der Waals surface area contributed by atoms with E-state index in [0.717, 1.165) is 34.6 Å². The van der Waals surface area contributed by atoms with Crippen LogP contribution in [0.5, 0.6) is 11.5 Å². The van der Waals surface area contributed by atoms with E-state index in [-0.39, 0.29) is 5.78 Å². The molecular weight excluding hydrogens is 216 g/mol. The zero-order chi connectivity index (χ0) is 12.6. The zero-order valence-electron chi connectivity index (χ0n) is 10.8. The number of hydrogen-bond donors (Lipinski definition) is 0. The molecule has 0 heterocycles. The Balaban J connectivity index is 2.71. The molecule has 0 spiro atoms. The van der Waals surface area contributed by atoms with E-state index < -0.39 is 0 Å². The summed E-state index contributed by atoms with van der Waals surface area (Å²) < 4.78 is 10.9. The topological polar surface area (TPSA) is 35.5 Å². The number of carbonyl (C=O) groups is 1. The van der Waals surface area contributed by atoms with E-state index >= 15 is 0 Å². The third-order valence-corrected chi connectivity index (χ3v) is 3.30. The van der Waals surface area contributed by atoms with Crippen molar-refractivity contribution in [2.75, 3.05) is 14.2 Å². The second-order valence-corrected chi connectivity index (χ2v) is 4.64. The van der Waals surface area contributed by atoms with E-state index in [0.29, 0.717) is 12.3 Å². The number of carbonyl (C=O) groups excluding carboxylic acids is 1. The lowest BCUT2D eigenvalue weighted by Crippen LogP contribution is -2.03. The van der Waals surface area contributed by atoms with Crippen molar-refractivity contribution in [3.63, 3.8) is 0 Å². The summed E-state index contributed by atoms with van der Waals surface area (Å²) in [4.78, 5) is 11.8. The minimum absolute atomic E-state index is 0.211. The molecule has 2 rings (SSSR count). The molecular formula is C14H18O3. The molecule has 0 saturated heterocycles. The predicted molar refractivity (Wildman–Crippen MR) is 66.3 cm³/mol. The summed E-state index contributed by atoms with van der Waals surface area (Å²) in [5.41, 5.74) is 2.85. The molecule has 0 radical (unpaired) electrons.